The van der Waals surface area contributed by atoms with Crippen molar-refractivity contribution in [1.29, 1.82) is 0 Å². The van der Waals surface area contributed by atoms with E-state index < -0.39 is 5.60 Å². The van der Waals surface area contributed by atoms with Crippen LogP contribution in [-0.4, -0.2) is 36.1 Å². The van der Waals surface area contributed by atoms with Crippen LogP contribution in [0.2, 0.25) is 0 Å². The lowest BCUT2D eigenvalue weighted by molar-refractivity contribution is -0.183. The van der Waals surface area contributed by atoms with Crippen molar-refractivity contribution in [2.45, 2.75) is 75.9 Å². The average molecular weight is 282 g/mol. The van der Waals surface area contributed by atoms with E-state index in [1.54, 1.807) is 0 Å². The van der Waals surface area contributed by atoms with E-state index >= 15 is 0 Å². The van der Waals surface area contributed by atoms with Gasteiger partial charge < -0.3 is 14.6 Å². The van der Waals surface area contributed by atoms with Crippen molar-refractivity contribution in [3.63, 3.8) is 0 Å². The molecular weight excluding hydrogens is 252 g/mol. The van der Waals surface area contributed by atoms with Crippen molar-refractivity contribution < 1.29 is 14.6 Å². The zero-order valence-corrected chi connectivity index (χ0v) is 12.9. The molecule has 1 spiro atoms. The summed E-state index contributed by atoms with van der Waals surface area (Å²) in [7, 11) is 0. The molecule has 3 aliphatic rings. The van der Waals surface area contributed by atoms with E-state index in [1.807, 2.05) is 0 Å². The highest BCUT2D eigenvalue weighted by Crippen LogP contribution is 2.47. The van der Waals surface area contributed by atoms with Crippen LogP contribution in [0.1, 0.15) is 64.7 Å². The molecule has 3 nitrogen and oxygen atoms in total. The third-order valence-corrected chi connectivity index (χ3v) is 6.10. The van der Waals surface area contributed by atoms with E-state index in [9.17, 15) is 5.11 Å². The topological polar surface area (TPSA) is 38.7 Å². The van der Waals surface area contributed by atoms with Gasteiger partial charge in [-0.2, -0.15) is 0 Å². The van der Waals surface area contributed by atoms with Crippen LogP contribution < -0.4 is 0 Å². The minimum atomic E-state index is -0.423. The normalized spacial score (nSPS) is 41.7. The third-order valence-electron chi connectivity index (χ3n) is 6.10. The summed E-state index contributed by atoms with van der Waals surface area (Å²) in [6.07, 6.45) is 9.84. The molecule has 3 atom stereocenters. The smallest absolute Gasteiger partial charge is 0.0730 e. The number of hydrogen-bond acceptors (Lipinski definition) is 3. The van der Waals surface area contributed by atoms with E-state index in [0.717, 1.165) is 64.3 Å². The van der Waals surface area contributed by atoms with Crippen molar-refractivity contribution in [2.24, 2.45) is 11.8 Å². The maximum atomic E-state index is 11.2. The highest BCUT2D eigenvalue weighted by Gasteiger charge is 2.47. The minimum Gasteiger partial charge on any atom is -0.390 e. The molecule has 1 aliphatic carbocycles. The Kier molecular flexibility index (Phi) is 4.40. The molecule has 3 unspecified atom stereocenters. The molecule has 1 N–H and O–H groups in total. The second-order valence-corrected chi connectivity index (χ2v) is 7.31. The largest absolute Gasteiger partial charge is 0.390 e. The Morgan fingerprint density at radius 1 is 1.05 bits per heavy atom. The van der Waals surface area contributed by atoms with Crippen LogP contribution in [0.25, 0.3) is 0 Å². The van der Waals surface area contributed by atoms with Crippen LogP contribution in [0.3, 0.4) is 0 Å². The first-order valence-corrected chi connectivity index (χ1v) is 8.60. The summed E-state index contributed by atoms with van der Waals surface area (Å²) in [6, 6.07) is 0. The van der Waals surface area contributed by atoms with Crippen LogP contribution in [-0.2, 0) is 9.47 Å². The molecule has 0 amide bonds. The predicted octanol–water partition coefficient (Wildman–Crippen LogP) is 3.29. The molecule has 3 heteroatoms. The molecule has 2 saturated heterocycles. The molecular formula is C17H30O3. The highest BCUT2D eigenvalue weighted by molar-refractivity contribution is 4.98. The van der Waals surface area contributed by atoms with Gasteiger partial charge in [-0.1, -0.05) is 26.2 Å². The minimum absolute atomic E-state index is 0.00998. The van der Waals surface area contributed by atoms with E-state index in [0.29, 0.717) is 5.92 Å². The molecule has 3 rings (SSSR count). The Morgan fingerprint density at radius 2 is 1.85 bits per heavy atom. The van der Waals surface area contributed by atoms with E-state index in [2.05, 4.69) is 6.92 Å². The molecule has 2 aliphatic heterocycles. The molecule has 0 aromatic carbocycles. The second kappa shape index (κ2) is 5.94. The van der Waals surface area contributed by atoms with Gasteiger partial charge in [-0.3, -0.25) is 0 Å². The van der Waals surface area contributed by atoms with Gasteiger partial charge in [-0.25, -0.2) is 0 Å². The predicted molar refractivity (Wildman–Crippen MR) is 78.7 cm³/mol. The van der Waals surface area contributed by atoms with Crippen LogP contribution in [0.15, 0.2) is 0 Å². The fourth-order valence-corrected chi connectivity index (χ4v) is 4.70. The van der Waals surface area contributed by atoms with Crippen LogP contribution in [0.4, 0.5) is 0 Å². The molecule has 0 radical (unpaired) electrons. The maximum absolute atomic E-state index is 11.2. The van der Waals surface area contributed by atoms with E-state index in [4.69, 9.17) is 9.47 Å². The van der Waals surface area contributed by atoms with Crippen molar-refractivity contribution >= 4 is 0 Å². The fourth-order valence-electron chi connectivity index (χ4n) is 4.70. The summed E-state index contributed by atoms with van der Waals surface area (Å²) in [5.41, 5.74) is -0.413. The van der Waals surface area contributed by atoms with Gasteiger partial charge in [0.2, 0.25) is 0 Å². The average Bonchev–Trinajstić information content (AvgIpc) is 2.48. The first kappa shape index (κ1) is 14.8. The lowest BCUT2D eigenvalue weighted by Crippen LogP contribution is -2.52. The Morgan fingerprint density at radius 3 is 2.60 bits per heavy atom. The Balaban J connectivity index is 1.69. The Bertz CT molecular complexity index is 319. The van der Waals surface area contributed by atoms with Crippen LogP contribution in [0, 0.1) is 11.8 Å². The van der Waals surface area contributed by atoms with Gasteiger partial charge in [0.05, 0.1) is 11.2 Å². The quantitative estimate of drug-likeness (QED) is 0.844. The molecule has 0 aromatic rings. The Hall–Kier alpha value is -0.120. The third kappa shape index (κ3) is 2.90. The number of hydrogen-bond donors (Lipinski definition) is 1. The van der Waals surface area contributed by atoms with Gasteiger partial charge in [0.1, 0.15) is 0 Å². The first-order chi connectivity index (χ1) is 9.66. The summed E-state index contributed by atoms with van der Waals surface area (Å²) >= 11 is 0. The van der Waals surface area contributed by atoms with Gasteiger partial charge in [-0.05, 0) is 50.4 Å². The SMILES string of the molecule is CCC1CCCC(O)(C2CCOC3(CCOCC3)C2)C1. The summed E-state index contributed by atoms with van der Waals surface area (Å²) < 4.78 is 11.6. The van der Waals surface area contributed by atoms with Crippen molar-refractivity contribution in [2.75, 3.05) is 19.8 Å². The fraction of sp³-hybridized carbons (Fsp3) is 1.00. The van der Waals surface area contributed by atoms with Crippen LogP contribution >= 0.6 is 0 Å². The molecule has 1 saturated carbocycles. The Labute approximate surface area is 123 Å². The highest BCUT2D eigenvalue weighted by atomic mass is 16.5. The van der Waals surface area contributed by atoms with Crippen molar-refractivity contribution in [3.05, 3.63) is 0 Å². The first-order valence-electron chi connectivity index (χ1n) is 8.60. The van der Waals surface area contributed by atoms with Crippen LogP contribution in [0.5, 0.6) is 0 Å². The van der Waals surface area contributed by atoms with Gasteiger partial charge in [0, 0.05) is 19.8 Å². The summed E-state index contributed by atoms with van der Waals surface area (Å²) in [5.74, 6) is 1.16. The molecule has 3 fully saturated rings. The second-order valence-electron chi connectivity index (χ2n) is 7.31. The summed E-state index contributed by atoms with van der Waals surface area (Å²) in [6.45, 7) is 4.73. The van der Waals surface area contributed by atoms with Gasteiger partial charge in [-0.15, -0.1) is 0 Å². The van der Waals surface area contributed by atoms with Crippen molar-refractivity contribution in [1.82, 2.24) is 0 Å². The monoisotopic (exact) mass is 282 g/mol. The van der Waals surface area contributed by atoms with Gasteiger partial charge >= 0.3 is 0 Å². The summed E-state index contributed by atoms with van der Waals surface area (Å²) in [4.78, 5) is 0. The van der Waals surface area contributed by atoms with Gasteiger partial charge in [0.15, 0.2) is 0 Å². The standard InChI is InChI=1S/C17H30O3/c1-2-14-4-3-6-17(18,12-14)15-5-9-20-16(13-15)7-10-19-11-8-16/h14-15,18H,2-13H2,1H3. The van der Waals surface area contributed by atoms with Gasteiger partial charge in [0.25, 0.3) is 0 Å². The number of ether oxygens (including phenoxy) is 2. The zero-order chi connectivity index (χ0) is 14.1. The van der Waals surface area contributed by atoms with Crippen molar-refractivity contribution in [3.8, 4) is 0 Å². The molecule has 2 heterocycles. The lowest BCUT2D eigenvalue weighted by atomic mass is 9.65. The number of rotatable bonds is 2. The molecule has 0 aromatic heterocycles. The maximum Gasteiger partial charge on any atom is 0.0730 e. The molecule has 20 heavy (non-hydrogen) atoms. The zero-order valence-electron chi connectivity index (χ0n) is 12.9. The lowest BCUT2D eigenvalue weighted by Gasteiger charge is -2.50. The van der Waals surface area contributed by atoms with E-state index in [-0.39, 0.29) is 5.60 Å². The molecule has 0 bridgehead atoms. The summed E-state index contributed by atoms with van der Waals surface area (Å²) in [5, 5.41) is 11.2. The number of aliphatic hydroxyl groups is 1. The molecule has 116 valence electrons. The van der Waals surface area contributed by atoms with E-state index in [1.165, 1.54) is 19.3 Å².